The van der Waals surface area contributed by atoms with Crippen LogP contribution in [0.25, 0.3) is 0 Å². The molecule has 52 valence electrons. The van der Waals surface area contributed by atoms with Crippen molar-refractivity contribution in [2.24, 2.45) is 0 Å². The van der Waals surface area contributed by atoms with Crippen LogP contribution in [0.1, 0.15) is 19.3 Å². The van der Waals surface area contributed by atoms with E-state index in [1.165, 1.54) is 0 Å². The maximum atomic E-state index is 9.14. The standard InChI is InChI=1S/C7H13NO/c9-7-3-1-2-5-8-6-4-7/h2,5,7-9H,1,3-4,6H2/b5-2-. The fraction of sp³-hybridized carbons (Fsp3) is 0.714. The second-order valence-electron chi connectivity index (χ2n) is 2.38. The summed E-state index contributed by atoms with van der Waals surface area (Å²) in [6, 6.07) is 0. The van der Waals surface area contributed by atoms with Gasteiger partial charge in [0.25, 0.3) is 0 Å². The molecule has 2 nitrogen and oxygen atoms in total. The molecule has 0 aromatic rings. The summed E-state index contributed by atoms with van der Waals surface area (Å²) in [7, 11) is 0. The summed E-state index contributed by atoms with van der Waals surface area (Å²) >= 11 is 0. The van der Waals surface area contributed by atoms with Gasteiger partial charge < -0.3 is 10.4 Å². The second kappa shape index (κ2) is 3.51. The summed E-state index contributed by atoms with van der Waals surface area (Å²) in [6.07, 6.45) is 6.72. The number of aliphatic hydroxyl groups excluding tert-OH is 1. The average Bonchev–Trinajstić information content (AvgIpc) is 1.79. The molecule has 1 heterocycles. The van der Waals surface area contributed by atoms with Gasteiger partial charge in [-0.25, -0.2) is 0 Å². The Kier molecular flexibility index (Phi) is 2.58. The zero-order chi connectivity index (χ0) is 6.53. The van der Waals surface area contributed by atoms with Crippen molar-refractivity contribution in [3.05, 3.63) is 12.3 Å². The van der Waals surface area contributed by atoms with Crippen LogP contribution in [0.4, 0.5) is 0 Å². The minimum atomic E-state index is -0.0950. The van der Waals surface area contributed by atoms with Crippen molar-refractivity contribution in [3.63, 3.8) is 0 Å². The molecule has 1 atom stereocenters. The zero-order valence-corrected chi connectivity index (χ0v) is 5.51. The van der Waals surface area contributed by atoms with Crippen LogP contribution >= 0.6 is 0 Å². The third-order valence-corrected chi connectivity index (χ3v) is 1.52. The third kappa shape index (κ3) is 2.51. The minimum Gasteiger partial charge on any atom is -0.393 e. The van der Waals surface area contributed by atoms with Crippen molar-refractivity contribution in [3.8, 4) is 0 Å². The lowest BCUT2D eigenvalue weighted by molar-refractivity contribution is 0.155. The molecule has 0 saturated heterocycles. The van der Waals surface area contributed by atoms with Gasteiger partial charge in [0.2, 0.25) is 0 Å². The molecular formula is C7H13NO. The third-order valence-electron chi connectivity index (χ3n) is 1.52. The molecule has 1 rings (SSSR count). The van der Waals surface area contributed by atoms with Gasteiger partial charge in [0.05, 0.1) is 6.10 Å². The maximum absolute atomic E-state index is 9.14. The van der Waals surface area contributed by atoms with E-state index in [2.05, 4.69) is 11.4 Å². The number of hydrogen-bond acceptors (Lipinski definition) is 2. The van der Waals surface area contributed by atoms with E-state index >= 15 is 0 Å². The van der Waals surface area contributed by atoms with Crippen LogP contribution in [-0.2, 0) is 0 Å². The van der Waals surface area contributed by atoms with Crippen molar-refractivity contribution >= 4 is 0 Å². The van der Waals surface area contributed by atoms with Crippen LogP contribution in [0.2, 0.25) is 0 Å². The summed E-state index contributed by atoms with van der Waals surface area (Å²) in [5, 5.41) is 12.2. The molecule has 0 saturated carbocycles. The Morgan fingerprint density at radius 1 is 1.44 bits per heavy atom. The van der Waals surface area contributed by atoms with Gasteiger partial charge in [-0.05, 0) is 25.5 Å². The lowest BCUT2D eigenvalue weighted by atomic mass is 10.1. The molecule has 1 unspecified atom stereocenters. The van der Waals surface area contributed by atoms with Crippen molar-refractivity contribution in [2.45, 2.75) is 25.4 Å². The first-order chi connectivity index (χ1) is 4.39. The number of aliphatic hydroxyl groups is 1. The van der Waals surface area contributed by atoms with E-state index in [-0.39, 0.29) is 6.10 Å². The lowest BCUT2D eigenvalue weighted by Gasteiger charge is -2.11. The highest BCUT2D eigenvalue weighted by molar-refractivity contribution is 4.82. The predicted octanol–water partition coefficient (Wildman–Crippen LogP) is 0.634. The monoisotopic (exact) mass is 127 g/mol. The largest absolute Gasteiger partial charge is 0.393 e. The fourth-order valence-corrected chi connectivity index (χ4v) is 0.933. The average molecular weight is 127 g/mol. The summed E-state index contributed by atoms with van der Waals surface area (Å²) < 4.78 is 0. The molecule has 0 aromatic heterocycles. The highest BCUT2D eigenvalue weighted by Gasteiger charge is 2.02. The van der Waals surface area contributed by atoms with Crippen LogP contribution in [0.5, 0.6) is 0 Å². The second-order valence-corrected chi connectivity index (χ2v) is 2.38. The highest BCUT2D eigenvalue weighted by Crippen LogP contribution is 2.03. The van der Waals surface area contributed by atoms with Gasteiger partial charge in [-0.3, -0.25) is 0 Å². The summed E-state index contributed by atoms with van der Waals surface area (Å²) in [5.41, 5.74) is 0. The molecule has 2 heteroatoms. The van der Waals surface area contributed by atoms with Crippen molar-refractivity contribution < 1.29 is 5.11 Å². The molecule has 0 amide bonds. The molecule has 0 aliphatic carbocycles. The molecule has 9 heavy (non-hydrogen) atoms. The molecule has 1 aliphatic heterocycles. The number of nitrogens with one attached hydrogen (secondary N) is 1. The minimum absolute atomic E-state index is 0.0950. The number of rotatable bonds is 0. The Balaban J connectivity index is 2.27. The Morgan fingerprint density at radius 2 is 2.33 bits per heavy atom. The van der Waals surface area contributed by atoms with Gasteiger partial charge in [0.15, 0.2) is 0 Å². The summed E-state index contributed by atoms with van der Waals surface area (Å²) in [6.45, 7) is 0.900. The van der Waals surface area contributed by atoms with E-state index in [0.29, 0.717) is 0 Å². The van der Waals surface area contributed by atoms with Gasteiger partial charge in [0, 0.05) is 6.54 Å². The molecule has 0 bridgehead atoms. The van der Waals surface area contributed by atoms with Crippen molar-refractivity contribution in [2.75, 3.05) is 6.54 Å². The van der Waals surface area contributed by atoms with Crippen LogP contribution < -0.4 is 5.32 Å². The number of hydrogen-bond donors (Lipinski definition) is 2. The first-order valence-electron chi connectivity index (χ1n) is 3.46. The van der Waals surface area contributed by atoms with Crippen LogP contribution in [0.15, 0.2) is 12.3 Å². The zero-order valence-electron chi connectivity index (χ0n) is 5.51. The first kappa shape index (κ1) is 6.62. The lowest BCUT2D eigenvalue weighted by Crippen LogP contribution is -2.17. The van der Waals surface area contributed by atoms with Crippen molar-refractivity contribution in [1.82, 2.24) is 5.32 Å². The smallest absolute Gasteiger partial charge is 0.0560 e. The molecule has 1 aliphatic rings. The van der Waals surface area contributed by atoms with Crippen molar-refractivity contribution in [1.29, 1.82) is 0 Å². The van der Waals surface area contributed by atoms with E-state index in [1.54, 1.807) is 0 Å². The SMILES string of the molecule is OC1CC/C=C\NCC1. The Hall–Kier alpha value is -0.500. The molecule has 0 fully saturated rings. The van der Waals surface area contributed by atoms with Gasteiger partial charge in [-0.2, -0.15) is 0 Å². The van der Waals surface area contributed by atoms with Crippen LogP contribution in [0, 0.1) is 0 Å². The Labute approximate surface area is 55.6 Å². The van der Waals surface area contributed by atoms with Gasteiger partial charge in [-0.15, -0.1) is 0 Å². The van der Waals surface area contributed by atoms with E-state index in [1.807, 2.05) is 6.20 Å². The first-order valence-corrected chi connectivity index (χ1v) is 3.46. The topological polar surface area (TPSA) is 32.3 Å². The molecule has 0 radical (unpaired) electrons. The normalized spacial score (nSPS) is 31.9. The van der Waals surface area contributed by atoms with E-state index in [4.69, 9.17) is 5.11 Å². The Morgan fingerprint density at radius 3 is 3.22 bits per heavy atom. The molecule has 2 N–H and O–H groups in total. The van der Waals surface area contributed by atoms with Crippen LogP contribution in [-0.4, -0.2) is 17.8 Å². The predicted molar refractivity (Wildman–Crippen MR) is 37.0 cm³/mol. The van der Waals surface area contributed by atoms with E-state index < -0.39 is 0 Å². The Bertz CT molecular complexity index is 101. The number of allylic oxidation sites excluding steroid dienone is 1. The van der Waals surface area contributed by atoms with Gasteiger partial charge >= 0.3 is 0 Å². The quantitative estimate of drug-likeness (QED) is 0.500. The fourth-order valence-electron chi connectivity index (χ4n) is 0.933. The van der Waals surface area contributed by atoms with Crippen LogP contribution in [0.3, 0.4) is 0 Å². The maximum Gasteiger partial charge on any atom is 0.0560 e. The molecule has 0 spiro atoms. The van der Waals surface area contributed by atoms with Gasteiger partial charge in [0.1, 0.15) is 0 Å². The highest BCUT2D eigenvalue weighted by atomic mass is 16.3. The van der Waals surface area contributed by atoms with E-state index in [0.717, 1.165) is 25.8 Å². The molecule has 0 aromatic carbocycles. The summed E-state index contributed by atoms with van der Waals surface area (Å²) in [4.78, 5) is 0. The van der Waals surface area contributed by atoms with Gasteiger partial charge in [-0.1, -0.05) is 6.08 Å². The van der Waals surface area contributed by atoms with E-state index in [9.17, 15) is 0 Å². The molecular weight excluding hydrogens is 114 g/mol. The summed E-state index contributed by atoms with van der Waals surface area (Å²) in [5.74, 6) is 0.